The van der Waals surface area contributed by atoms with E-state index in [2.05, 4.69) is 9.97 Å². The Labute approximate surface area is 148 Å². The first-order valence-corrected chi connectivity index (χ1v) is 8.33. The zero-order valence-corrected chi connectivity index (χ0v) is 14.8. The Morgan fingerprint density at radius 1 is 1.08 bits per heavy atom. The maximum atomic E-state index is 12.9. The maximum absolute atomic E-state index is 12.9. The Bertz CT molecular complexity index is 856. The van der Waals surface area contributed by atoms with Gasteiger partial charge in [0.2, 0.25) is 0 Å². The number of aryl methyl sites for hydroxylation is 1. The van der Waals surface area contributed by atoms with Gasteiger partial charge in [-0.3, -0.25) is 9.78 Å². The molecule has 0 N–H and O–H groups in total. The van der Waals surface area contributed by atoms with Crippen molar-refractivity contribution in [1.29, 1.82) is 0 Å². The van der Waals surface area contributed by atoms with E-state index in [1.165, 1.54) is 0 Å². The summed E-state index contributed by atoms with van der Waals surface area (Å²) < 4.78 is 2.01. The summed E-state index contributed by atoms with van der Waals surface area (Å²) in [5, 5.41) is 0. The van der Waals surface area contributed by atoms with E-state index in [1.807, 2.05) is 67.9 Å². The number of carbonyl (C=O) groups is 1. The molecule has 0 aliphatic rings. The monoisotopic (exact) mass is 334 g/mol. The van der Waals surface area contributed by atoms with Crippen LogP contribution >= 0.6 is 0 Å². The number of rotatable bonds is 5. The van der Waals surface area contributed by atoms with Gasteiger partial charge in [-0.05, 0) is 44.2 Å². The van der Waals surface area contributed by atoms with Crippen LogP contribution in [0.1, 0.15) is 27.4 Å². The van der Waals surface area contributed by atoms with Gasteiger partial charge in [0.15, 0.2) is 0 Å². The summed E-state index contributed by atoms with van der Waals surface area (Å²) in [4.78, 5) is 23.3. The second-order valence-electron chi connectivity index (χ2n) is 6.11. The fourth-order valence-electron chi connectivity index (χ4n) is 2.95. The smallest absolute Gasteiger partial charge is 0.255 e. The van der Waals surface area contributed by atoms with E-state index in [1.54, 1.807) is 17.3 Å². The minimum Gasteiger partial charge on any atom is -0.341 e. The quantitative estimate of drug-likeness (QED) is 0.720. The number of carbonyl (C=O) groups excluding carboxylic acids is 1. The third kappa shape index (κ3) is 3.60. The lowest BCUT2D eigenvalue weighted by atomic mass is 10.2. The third-order valence-corrected chi connectivity index (χ3v) is 4.32. The minimum atomic E-state index is 0.0196. The van der Waals surface area contributed by atoms with Gasteiger partial charge in [0.1, 0.15) is 5.82 Å². The van der Waals surface area contributed by atoms with Crippen LogP contribution in [-0.4, -0.2) is 38.9 Å². The van der Waals surface area contributed by atoms with Gasteiger partial charge < -0.3 is 9.47 Å². The fraction of sp³-hybridized carbons (Fsp3) is 0.250. The molecule has 25 heavy (non-hydrogen) atoms. The van der Waals surface area contributed by atoms with Gasteiger partial charge in [-0.1, -0.05) is 12.1 Å². The van der Waals surface area contributed by atoms with Crippen LogP contribution in [0.15, 0.2) is 54.9 Å². The van der Waals surface area contributed by atoms with Gasteiger partial charge in [-0.15, -0.1) is 0 Å². The van der Waals surface area contributed by atoms with Crippen LogP contribution in [0.5, 0.6) is 0 Å². The van der Waals surface area contributed by atoms with Crippen molar-refractivity contribution in [3.63, 3.8) is 0 Å². The van der Waals surface area contributed by atoms with Crippen molar-refractivity contribution in [2.24, 2.45) is 0 Å². The molecule has 0 bridgehead atoms. The fourth-order valence-corrected chi connectivity index (χ4v) is 2.95. The second-order valence-corrected chi connectivity index (χ2v) is 6.11. The molecule has 0 unspecified atom stereocenters. The molecule has 0 saturated carbocycles. The molecule has 3 aromatic heterocycles. The zero-order chi connectivity index (χ0) is 17.8. The summed E-state index contributed by atoms with van der Waals surface area (Å²) in [6.07, 6.45) is 4.27. The summed E-state index contributed by atoms with van der Waals surface area (Å²) in [6.45, 7) is 4.58. The van der Waals surface area contributed by atoms with Gasteiger partial charge >= 0.3 is 0 Å². The van der Waals surface area contributed by atoms with Gasteiger partial charge in [0, 0.05) is 49.5 Å². The topological polar surface area (TPSA) is 51.0 Å². The average molecular weight is 334 g/mol. The number of nitrogens with zero attached hydrogens (tertiary/aromatic N) is 4. The lowest BCUT2D eigenvalue weighted by Crippen LogP contribution is -2.29. The molecule has 0 saturated heterocycles. The van der Waals surface area contributed by atoms with Gasteiger partial charge in [-0.25, -0.2) is 4.98 Å². The average Bonchev–Trinajstić information content (AvgIpc) is 2.95. The second kappa shape index (κ2) is 7.30. The first-order chi connectivity index (χ1) is 12.1. The molecule has 0 aromatic carbocycles. The van der Waals surface area contributed by atoms with E-state index in [9.17, 15) is 4.79 Å². The van der Waals surface area contributed by atoms with E-state index >= 15 is 0 Å². The third-order valence-electron chi connectivity index (χ3n) is 4.32. The van der Waals surface area contributed by atoms with Crippen LogP contribution in [-0.2, 0) is 6.42 Å². The van der Waals surface area contributed by atoms with Crippen LogP contribution < -0.4 is 0 Å². The van der Waals surface area contributed by atoms with E-state index in [-0.39, 0.29) is 5.91 Å². The van der Waals surface area contributed by atoms with Crippen molar-refractivity contribution in [1.82, 2.24) is 19.4 Å². The largest absolute Gasteiger partial charge is 0.341 e. The highest BCUT2D eigenvalue weighted by Gasteiger charge is 2.20. The Morgan fingerprint density at radius 3 is 2.44 bits per heavy atom. The predicted molar refractivity (Wildman–Crippen MR) is 97.9 cm³/mol. The van der Waals surface area contributed by atoms with Crippen molar-refractivity contribution < 1.29 is 4.79 Å². The Kier molecular flexibility index (Phi) is 4.93. The van der Waals surface area contributed by atoms with Crippen LogP contribution in [0.3, 0.4) is 0 Å². The predicted octanol–water partition coefficient (Wildman–Crippen LogP) is 3.20. The number of hydrogen-bond donors (Lipinski definition) is 0. The van der Waals surface area contributed by atoms with Gasteiger partial charge in [-0.2, -0.15) is 0 Å². The lowest BCUT2D eigenvalue weighted by Gasteiger charge is -2.17. The highest BCUT2D eigenvalue weighted by atomic mass is 16.2. The lowest BCUT2D eigenvalue weighted by molar-refractivity contribution is 0.0795. The highest BCUT2D eigenvalue weighted by molar-refractivity contribution is 5.95. The molecule has 5 nitrogen and oxygen atoms in total. The zero-order valence-electron chi connectivity index (χ0n) is 14.8. The number of likely N-dealkylation sites (N-methyl/N-ethyl adjacent to an activating group) is 1. The maximum Gasteiger partial charge on any atom is 0.255 e. The molecular weight excluding hydrogens is 312 g/mol. The summed E-state index contributed by atoms with van der Waals surface area (Å²) in [5.74, 6) is 0.846. The normalized spacial score (nSPS) is 10.7. The summed E-state index contributed by atoms with van der Waals surface area (Å²) in [6, 6.07) is 13.5. The van der Waals surface area contributed by atoms with Crippen molar-refractivity contribution in [3.05, 3.63) is 77.5 Å². The molecule has 128 valence electrons. The molecule has 3 rings (SSSR count). The molecule has 0 atom stereocenters. The van der Waals surface area contributed by atoms with Crippen LogP contribution in [0.4, 0.5) is 0 Å². The first kappa shape index (κ1) is 16.9. The number of pyridine rings is 2. The van der Waals surface area contributed by atoms with Gasteiger partial charge in [0.25, 0.3) is 5.91 Å². The molecule has 3 aromatic rings. The van der Waals surface area contributed by atoms with Crippen molar-refractivity contribution >= 4 is 5.91 Å². The molecule has 3 heterocycles. The number of amides is 1. The molecule has 0 spiro atoms. The molecular formula is C20H22N4O. The molecule has 5 heteroatoms. The van der Waals surface area contributed by atoms with E-state index in [0.717, 1.165) is 29.3 Å². The Hall–Kier alpha value is -2.95. The summed E-state index contributed by atoms with van der Waals surface area (Å²) in [7, 11) is 1.83. The van der Waals surface area contributed by atoms with Crippen LogP contribution in [0, 0.1) is 13.8 Å². The Morgan fingerprint density at radius 2 is 1.80 bits per heavy atom. The van der Waals surface area contributed by atoms with E-state index in [4.69, 9.17) is 0 Å². The van der Waals surface area contributed by atoms with Crippen LogP contribution in [0.2, 0.25) is 0 Å². The van der Waals surface area contributed by atoms with Crippen molar-refractivity contribution in [2.45, 2.75) is 20.3 Å². The SMILES string of the molecule is Cc1cc(C(=O)N(C)CCc2ccccn2)c(C)n1-c1ccccn1. The minimum absolute atomic E-state index is 0.0196. The van der Waals surface area contributed by atoms with Gasteiger partial charge in [0.05, 0.1) is 5.56 Å². The Balaban J connectivity index is 1.78. The summed E-state index contributed by atoms with van der Waals surface area (Å²) in [5.41, 5.74) is 3.61. The molecule has 0 aliphatic heterocycles. The molecule has 0 fully saturated rings. The van der Waals surface area contributed by atoms with Crippen LogP contribution in [0.25, 0.3) is 5.82 Å². The highest BCUT2D eigenvalue weighted by Crippen LogP contribution is 2.20. The standard InChI is InChI=1S/C20H22N4O/c1-15-14-18(16(2)24(15)19-9-5-7-12-22-19)20(25)23(3)13-10-17-8-4-6-11-21-17/h4-9,11-12,14H,10,13H2,1-3H3. The van der Waals surface area contributed by atoms with Crippen molar-refractivity contribution in [2.75, 3.05) is 13.6 Å². The number of hydrogen-bond acceptors (Lipinski definition) is 3. The molecule has 0 radical (unpaired) electrons. The van der Waals surface area contributed by atoms with E-state index in [0.29, 0.717) is 12.1 Å². The number of aromatic nitrogens is 3. The first-order valence-electron chi connectivity index (χ1n) is 8.33. The summed E-state index contributed by atoms with van der Waals surface area (Å²) >= 11 is 0. The molecule has 0 aliphatic carbocycles. The van der Waals surface area contributed by atoms with E-state index < -0.39 is 0 Å². The molecule has 1 amide bonds. The van der Waals surface area contributed by atoms with Crippen molar-refractivity contribution in [3.8, 4) is 5.82 Å².